The van der Waals surface area contributed by atoms with Gasteiger partial charge in [0, 0.05) is 32.5 Å². The number of carbonyl (C=O) groups is 1. The van der Waals surface area contributed by atoms with Gasteiger partial charge in [-0.25, -0.2) is 9.97 Å². The molecular weight excluding hydrogens is 284 g/mol. The Morgan fingerprint density at radius 3 is 2.59 bits per heavy atom. The van der Waals surface area contributed by atoms with E-state index in [0.717, 1.165) is 30.4 Å². The molecule has 0 radical (unpaired) electrons. The standard InChI is InChI=1S/C11H15BrN4O/c1-15(11-13-6-9(12)7-14-11)8-10(17)16-4-2-3-5-16/h6-7H,2-5,8H2,1H3. The monoisotopic (exact) mass is 298 g/mol. The summed E-state index contributed by atoms with van der Waals surface area (Å²) in [5.74, 6) is 0.720. The molecule has 1 fully saturated rings. The third-order valence-electron chi connectivity index (χ3n) is 2.78. The lowest BCUT2D eigenvalue weighted by Gasteiger charge is -2.21. The third kappa shape index (κ3) is 3.15. The molecule has 17 heavy (non-hydrogen) atoms. The molecule has 0 spiro atoms. The van der Waals surface area contributed by atoms with Gasteiger partial charge < -0.3 is 9.80 Å². The van der Waals surface area contributed by atoms with Gasteiger partial charge in [-0.05, 0) is 28.8 Å². The third-order valence-corrected chi connectivity index (χ3v) is 3.19. The van der Waals surface area contributed by atoms with E-state index in [4.69, 9.17) is 0 Å². The Hall–Kier alpha value is -1.17. The largest absolute Gasteiger partial charge is 0.341 e. The summed E-state index contributed by atoms with van der Waals surface area (Å²) in [5.41, 5.74) is 0. The number of likely N-dealkylation sites (tertiary alicyclic amines) is 1. The lowest BCUT2D eigenvalue weighted by molar-refractivity contribution is -0.128. The van der Waals surface area contributed by atoms with Crippen molar-refractivity contribution in [3.8, 4) is 0 Å². The fraction of sp³-hybridized carbons (Fsp3) is 0.545. The molecule has 2 heterocycles. The predicted octanol–water partition coefficient (Wildman–Crippen LogP) is 1.30. The van der Waals surface area contributed by atoms with Crippen molar-refractivity contribution in [2.24, 2.45) is 0 Å². The number of hydrogen-bond donors (Lipinski definition) is 0. The molecule has 0 aliphatic carbocycles. The predicted molar refractivity (Wildman–Crippen MR) is 68.8 cm³/mol. The molecule has 0 atom stereocenters. The van der Waals surface area contributed by atoms with Crippen LogP contribution in [0.4, 0.5) is 5.95 Å². The van der Waals surface area contributed by atoms with Crippen LogP contribution in [0.3, 0.4) is 0 Å². The number of hydrogen-bond acceptors (Lipinski definition) is 4. The lowest BCUT2D eigenvalue weighted by atomic mass is 10.4. The number of aromatic nitrogens is 2. The van der Waals surface area contributed by atoms with Crippen LogP contribution in [0.2, 0.25) is 0 Å². The molecule has 0 bridgehead atoms. The highest BCUT2D eigenvalue weighted by Crippen LogP contribution is 2.11. The zero-order chi connectivity index (χ0) is 12.3. The summed E-state index contributed by atoms with van der Waals surface area (Å²) < 4.78 is 0.834. The van der Waals surface area contributed by atoms with Crippen LogP contribution in [-0.4, -0.2) is 47.5 Å². The van der Waals surface area contributed by atoms with Gasteiger partial charge >= 0.3 is 0 Å². The van der Waals surface area contributed by atoms with E-state index in [0.29, 0.717) is 12.5 Å². The van der Waals surface area contributed by atoms with Gasteiger partial charge in [0.1, 0.15) is 0 Å². The maximum absolute atomic E-state index is 11.9. The summed E-state index contributed by atoms with van der Waals surface area (Å²) >= 11 is 3.28. The maximum atomic E-state index is 11.9. The first-order valence-corrected chi connectivity index (χ1v) is 6.42. The second-order valence-electron chi connectivity index (χ2n) is 4.15. The van der Waals surface area contributed by atoms with Crippen LogP contribution < -0.4 is 4.90 Å². The molecule has 5 nitrogen and oxygen atoms in total. The van der Waals surface area contributed by atoms with E-state index < -0.39 is 0 Å². The first-order valence-electron chi connectivity index (χ1n) is 5.63. The molecule has 1 aliphatic rings. The highest BCUT2D eigenvalue weighted by Gasteiger charge is 2.19. The van der Waals surface area contributed by atoms with E-state index in [9.17, 15) is 4.79 Å². The second-order valence-corrected chi connectivity index (χ2v) is 5.06. The molecule has 1 aromatic rings. The topological polar surface area (TPSA) is 49.3 Å². The summed E-state index contributed by atoms with van der Waals surface area (Å²) in [6, 6.07) is 0. The number of carbonyl (C=O) groups excluding carboxylic acids is 1. The van der Waals surface area contributed by atoms with E-state index in [1.807, 2.05) is 11.9 Å². The molecule has 0 N–H and O–H groups in total. The van der Waals surface area contributed by atoms with Crippen molar-refractivity contribution in [1.82, 2.24) is 14.9 Å². The average molecular weight is 299 g/mol. The van der Waals surface area contributed by atoms with Crippen LogP contribution >= 0.6 is 15.9 Å². The van der Waals surface area contributed by atoms with Gasteiger partial charge in [-0.3, -0.25) is 4.79 Å². The fourth-order valence-corrected chi connectivity index (χ4v) is 2.05. The van der Waals surface area contributed by atoms with Crippen LogP contribution in [-0.2, 0) is 4.79 Å². The molecular formula is C11H15BrN4O. The zero-order valence-electron chi connectivity index (χ0n) is 9.77. The Kier molecular flexibility index (Phi) is 3.93. The van der Waals surface area contributed by atoms with Gasteiger partial charge in [0.2, 0.25) is 11.9 Å². The number of nitrogens with zero attached hydrogens (tertiary/aromatic N) is 4. The SMILES string of the molecule is CN(CC(=O)N1CCCC1)c1ncc(Br)cn1. The minimum Gasteiger partial charge on any atom is -0.341 e. The summed E-state index contributed by atoms with van der Waals surface area (Å²) in [4.78, 5) is 23.9. The Morgan fingerprint density at radius 1 is 1.41 bits per heavy atom. The Morgan fingerprint density at radius 2 is 2.00 bits per heavy atom. The molecule has 1 saturated heterocycles. The number of likely N-dealkylation sites (N-methyl/N-ethyl adjacent to an activating group) is 1. The molecule has 0 aromatic carbocycles. The van der Waals surface area contributed by atoms with Gasteiger partial charge in [-0.2, -0.15) is 0 Å². The molecule has 1 aliphatic heterocycles. The van der Waals surface area contributed by atoms with Crippen LogP contribution in [0.25, 0.3) is 0 Å². The minimum atomic E-state index is 0.150. The van der Waals surface area contributed by atoms with E-state index in [1.165, 1.54) is 0 Å². The van der Waals surface area contributed by atoms with Crippen LogP contribution in [0, 0.1) is 0 Å². The molecule has 1 amide bonds. The average Bonchev–Trinajstić information content (AvgIpc) is 2.83. The first kappa shape index (κ1) is 12.3. The normalized spacial score (nSPS) is 15.1. The van der Waals surface area contributed by atoms with Crippen molar-refractivity contribution in [3.05, 3.63) is 16.9 Å². The van der Waals surface area contributed by atoms with Gasteiger partial charge in [-0.15, -0.1) is 0 Å². The fourth-order valence-electron chi connectivity index (χ4n) is 1.84. The van der Waals surface area contributed by atoms with Crippen molar-refractivity contribution in [2.45, 2.75) is 12.8 Å². The summed E-state index contributed by atoms with van der Waals surface area (Å²) in [5, 5.41) is 0. The van der Waals surface area contributed by atoms with Crippen molar-refractivity contribution in [1.29, 1.82) is 0 Å². The van der Waals surface area contributed by atoms with Crippen molar-refractivity contribution >= 4 is 27.8 Å². The molecule has 6 heteroatoms. The van der Waals surface area contributed by atoms with E-state index in [-0.39, 0.29) is 5.91 Å². The minimum absolute atomic E-state index is 0.150. The highest BCUT2D eigenvalue weighted by molar-refractivity contribution is 9.10. The van der Waals surface area contributed by atoms with Gasteiger partial charge in [0.05, 0.1) is 11.0 Å². The van der Waals surface area contributed by atoms with Crippen molar-refractivity contribution in [2.75, 3.05) is 31.6 Å². The number of rotatable bonds is 3. The number of anilines is 1. The summed E-state index contributed by atoms with van der Waals surface area (Å²) in [6.07, 6.45) is 5.59. The molecule has 0 saturated carbocycles. The molecule has 92 valence electrons. The summed E-state index contributed by atoms with van der Waals surface area (Å²) in [6.45, 7) is 2.10. The molecule has 0 unspecified atom stereocenters. The first-order chi connectivity index (χ1) is 8.16. The van der Waals surface area contributed by atoms with E-state index >= 15 is 0 Å². The van der Waals surface area contributed by atoms with Crippen molar-refractivity contribution in [3.63, 3.8) is 0 Å². The smallest absolute Gasteiger partial charge is 0.242 e. The Balaban J connectivity index is 1.93. The maximum Gasteiger partial charge on any atom is 0.242 e. The Labute approximate surface area is 109 Å². The highest BCUT2D eigenvalue weighted by atomic mass is 79.9. The van der Waals surface area contributed by atoms with Gasteiger partial charge in [0.25, 0.3) is 0 Å². The van der Waals surface area contributed by atoms with Crippen LogP contribution in [0.15, 0.2) is 16.9 Å². The summed E-state index contributed by atoms with van der Waals surface area (Å²) in [7, 11) is 1.83. The second kappa shape index (κ2) is 5.44. The van der Waals surface area contributed by atoms with Crippen molar-refractivity contribution < 1.29 is 4.79 Å². The Bertz CT molecular complexity index is 389. The zero-order valence-corrected chi connectivity index (χ0v) is 11.4. The van der Waals surface area contributed by atoms with E-state index in [1.54, 1.807) is 17.3 Å². The van der Waals surface area contributed by atoms with E-state index in [2.05, 4.69) is 25.9 Å². The van der Waals surface area contributed by atoms with Gasteiger partial charge in [0.15, 0.2) is 0 Å². The van der Waals surface area contributed by atoms with Gasteiger partial charge in [-0.1, -0.05) is 0 Å². The lowest BCUT2D eigenvalue weighted by Crippen LogP contribution is -2.37. The molecule has 2 rings (SSSR count). The van der Waals surface area contributed by atoms with Crippen LogP contribution in [0.5, 0.6) is 0 Å². The quantitative estimate of drug-likeness (QED) is 0.844. The number of halogens is 1. The molecule has 1 aromatic heterocycles. The number of amides is 1. The van der Waals surface area contributed by atoms with Crippen LogP contribution in [0.1, 0.15) is 12.8 Å².